The van der Waals surface area contributed by atoms with Crippen molar-refractivity contribution in [3.63, 3.8) is 0 Å². The fourth-order valence-electron chi connectivity index (χ4n) is 2.42. The van der Waals surface area contributed by atoms with Crippen LogP contribution in [0.3, 0.4) is 0 Å². The number of halogens is 1. The number of aryl methyl sites for hydroxylation is 1. The molecule has 132 valence electrons. The van der Waals surface area contributed by atoms with Crippen molar-refractivity contribution in [2.45, 2.75) is 13.5 Å². The number of ketones is 1. The lowest BCUT2D eigenvalue weighted by Crippen LogP contribution is -1.96. The normalized spacial score (nSPS) is 11.0. The molecule has 0 fully saturated rings. The Bertz CT molecular complexity index is 936. The van der Waals surface area contributed by atoms with E-state index in [9.17, 15) is 9.90 Å². The van der Waals surface area contributed by atoms with Gasteiger partial charge in [0.1, 0.15) is 29.6 Å². The van der Waals surface area contributed by atoms with Gasteiger partial charge in [0.25, 0.3) is 0 Å². The summed E-state index contributed by atoms with van der Waals surface area (Å²) in [7, 11) is 0. The minimum atomic E-state index is -0.221. The van der Waals surface area contributed by atoms with Gasteiger partial charge in [-0.2, -0.15) is 0 Å². The number of para-hydroxylation sites is 1. The Labute approximate surface area is 156 Å². The highest BCUT2D eigenvalue weighted by molar-refractivity contribution is 6.32. The van der Waals surface area contributed by atoms with Crippen molar-refractivity contribution in [2.75, 3.05) is 0 Å². The number of aromatic hydroxyl groups is 1. The molecule has 0 amide bonds. The molecule has 0 radical (unpaired) electrons. The van der Waals surface area contributed by atoms with Gasteiger partial charge >= 0.3 is 0 Å². The van der Waals surface area contributed by atoms with E-state index in [1.54, 1.807) is 36.4 Å². The van der Waals surface area contributed by atoms with Crippen LogP contribution in [-0.2, 0) is 6.61 Å². The standard InChI is InChI=1S/C21H17ClO4/c1-14-4-2-7-19(22)21(14)25-13-18-9-8-17(26-18)10-11-20(24)15-5-3-6-16(23)12-15/h2-12,23H,13H2,1H3/b11-10+. The number of allylic oxidation sites excluding steroid dienone is 1. The Kier molecular flexibility index (Phi) is 5.44. The minimum Gasteiger partial charge on any atom is -0.508 e. The summed E-state index contributed by atoms with van der Waals surface area (Å²) < 4.78 is 11.4. The van der Waals surface area contributed by atoms with Crippen LogP contribution in [0.5, 0.6) is 11.5 Å². The molecule has 0 aliphatic rings. The smallest absolute Gasteiger partial charge is 0.186 e. The molecule has 0 bridgehead atoms. The zero-order valence-corrected chi connectivity index (χ0v) is 14.9. The molecule has 3 rings (SSSR count). The van der Waals surface area contributed by atoms with Crippen LogP contribution in [0, 0.1) is 6.92 Å². The zero-order chi connectivity index (χ0) is 18.5. The first-order valence-corrected chi connectivity index (χ1v) is 8.39. The fraction of sp³-hybridized carbons (Fsp3) is 0.0952. The summed E-state index contributed by atoms with van der Waals surface area (Å²) in [6.07, 6.45) is 2.98. The number of carbonyl (C=O) groups is 1. The second-order valence-corrected chi connectivity index (χ2v) is 6.13. The largest absolute Gasteiger partial charge is 0.508 e. The molecule has 0 aliphatic carbocycles. The lowest BCUT2D eigenvalue weighted by Gasteiger charge is -2.09. The second kappa shape index (κ2) is 7.93. The van der Waals surface area contributed by atoms with Gasteiger partial charge in [0.2, 0.25) is 0 Å². The topological polar surface area (TPSA) is 59.7 Å². The minimum absolute atomic E-state index is 0.0524. The lowest BCUT2D eigenvalue weighted by atomic mass is 10.1. The zero-order valence-electron chi connectivity index (χ0n) is 14.1. The predicted octanol–water partition coefficient (Wildman–Crippen LogP) is 5.42. The van der Waals surface area contributed by atoms with Crippen molar-refractivity contribution in [1.29, 1.82) is 0 Å². The summed E-state index contributed by atoms with van der Waals surface area (Å²) in [5.74, 6) is 1.61. The summed E-state index contributed by atoms with van der Waals surface area (Å²) in [4.78, 5) is 12.1. The van der Waals surface area contributed by atoms with Crippen LogP contribution in [0.1, 0.15) is 27.4 Å². The van der Waals surface area contributed by atoms with Crippen molar-refractivity contribution in [2.24, 2.45) is 0 Å². The first-order valence-electron chi connectivity index (χ1n) is 8.01. The molecule has 0 saturated carbocycles. The Balaban J connectivity index is 1.64. The van der Waals surface area contributed by atoms with E-state index >= 15 is 0 Å². The number of rotatable bonds is 6. The van der Waals surface area contributed by atoms with Crippen molar-refractivity contribution >= 4 is 23.5 Å². The van der Waals surface area contributed by atoms with Gasteiger partial charge in [-0.1, -0.05) is 35.9 Å². The molecule has 4 nitrogen and oxygen atoms in total. The molecule has 26 heavy (non-hydrogen) atoms. The maximum absolute atomic E-state index is 12.1. The quantitative estimate of drug-likeness (QED) is 0.466. The Morgan fingerprint density at radius 3 is 2.77 bits per heavy atom. The van der Waals surface area contributed by atoms with Crippen LogP contribution >= 0.6 is 11.6 Å². The molecule has 0 spiro atoms. The molecule has 5 heteroatoms. The maximum Gasteiger partial charge on any atom is 0.186 e. The van der Waals surface area contributed by atoms with Gasteiger partial charge in [0.05, 0.1) is 5.02 Å². The molecule has 0 atom stereocenters. The van der Waals surface area contributed by atoms with Crippen molar-refractivity contribution in [3.05, 3.63) is 88.3 Å². The summed E-state index contributed by atoms with van der Waals surface area (Å²) in [5, 5.41) is 9.97. The molecule has 3 aromatic rings. The number of hydrogen-bond acceptors (Lipinski definition) is 4. The third-order valence-corrected chi connectivity index (χ3v) is 4.03. The van der Waals surface area contributed by atoms with E-state index in [1.807, 2.05) is 19.1 Å². The predicted molar refractivity (Wildman–Crippen MR) is 101 cm³/mol. The number of ether oxygens (including phenoxy) is 1. The van der Waals surface area contributed by atoms with Gasteiger partial charge < -0.3 is 14.3 Å². The lowest BCUT2D eigenvalue weighted by molar-refractivity contribution is 0.104. The van der Waals surface area contributed by atoms with E-state index in [-0.39, 0.29) is 18.1 Å². The van der Waals surface area contributed by atoms with Crippen molar-refractivity contribution in [3.8, 4) is 11.5 Å². The summed E-state index contributed by atoms with van der Waals surface area (Å²) >= 11 is 6.13. The van der Waals surface area contributed by atoms with Gasteiger partial charge in [-0.25, -0.2) is 0 Å². The molecule has 1 N–H and O–H groups in total. The number of phenolic OH excluding ortho intramolecular Hbond substituents is 1. The summed E-state index contributed by atoms with van der Waals surface area (Å²) in [6.45, 7) is 2.16. The van der Waals surface area contributed by atoms with Crippen LogP contribution in [0.15, 0.2) is 65.1 Å². The van der Waals surface area contributed by atoms with E-state index in [1.165, 1.54) is 18.2 Å². The monoisotopic (exact) mass is 368 g/mol. The van der Waals surface area contributed by atoms with E-state index < -0.39 is 0 Å². The molecule has 2 aromatic carbocycles. The van der Waals surface area contributed by atoms with Crippen LogP contribution in [-0.4, -0.2) is 10.9 Å². The van der Waals surface area contributed by atoms with E-state index in [0.717, 1.165) is 5.56 Å². The van der Waals surface area contributed by atoms with Crippen LogP contribution in [0.4, 0.5) is 0 Å². The van der Waals surface area contributed by atoms with Crippen molar-refractivity contribution in [1.82, 2.24) is 0 Å². The average molecular weight is 369 g/mol. The third-order valence-electron chi connectivity index (χ3n) is 3.73. The highest BCUT2D eigenvalue weighted by Gasteiger charge is 2.08. The number of benzene rings is 2. The highest BCUT2D eigenvalue weighted by atomic mass is 35.5. The van der Waals surface area contributed by atoms with Crippen LogP contribution in [0.25, 0.3) is 6.08 Å². The Morgan fingerprint density at radius 1 is 1.19 bits per heavy atom. The third kappa shape index (κ3) is 4.35. The van der Waals surface area contributed by atoms with E-state index in [0.29, 0.717) is 27.9 Å². The van der Waals surface area contributed by atoms with Gasteiger partial charge in [0.15, 0.2) is 5.78 Å². The van der Waals surface area contributed by atoms with Gasteiger partial charge in [-0.3, -0.25) is 4.79 Å². The second-order valence-electron chi connectivity index (χ2n) is 5.73. The Hall–Kier alpha value is -2.98. The average Bonchev–Trinajstić information content (AvgIpc) is 3.07. The maximum atomic E-state index is 12.1. The van der Waals surface area contributed by atoms with Gasteiger partial charge in [-0.05, 0) is 55.0 Å². The number of carbonyl (C=O) groups excluding carboxylic acids is 1. The van der Waals surface area contributed by atoms with Crippen LogP contribution in [0.2, 0.25) is 5.02 Å². The Morgan fingerprint density at radius 2 is 2.00 bits per heavy atom. The van der Waals surface area contributed by atoms with Crippen molar-refractivity contribution < 1.29 is 19.1 Å². The SMILES string of the molecule is Cc1cccc(Cl)c1OCc1ccc(/C=C/C(=O)c2cccc(O)c2)o1. The van der Waals surface area contributed by atoms with Gasteiger partial charge in [-0.15, -0.1) is 0 Å². The number of phenols is 1. The first-order chi connectivity index (χ1) is 12.5. The molecular weight excluding hydrogens is 352 g/mol. The molecule has 1 aromatic heterocycles. The van der Waals surface area contributed by atoms with Gasteiger partial charge in [0, 0.05) is 5.56 Å². The highest BCUT2D eigenvalue weighted by Crippen LogP contribution is 2.28. The molecular formula is C21H17ClO4. The molecule has 0 saturated heterocycles. The van der Waals surface area contributed by atoms with E-state index in [2.05, 4.69) is 0 Å². The van der Waals surface area contributed by atoms with Crippen LogP contribution < -0.4 is 4.74 Å². The fourth-order valence-corrected chi connectivity index (χ4v) is 2.69. The first kappa shape index (κ1) is 17.8. The summed E-state index contributed by atoms with van der Waals surface area (Å²) in [5.41, 5.74) is 1.35. The molecule has 0 aliphatic heterocycles. The molecule has 0 unspecified atom stereocenters. The number of hydrogen-bond donors (Lipinski definition) is 1. The van der Waals surface area contributed by atoms with E-state index in [4.69, 9.17) is 20.8 Å². The number of furan rings is 1. The molecule has 1 heterocycles. The summed E-state index contributed by atoms with van der Waals surface area (Å²) in [6, 6.07) is 15.3.